The van der Waals surface area contributed by atoms with Crippen LogP contribution in [0.4, 0.5) is 11.4 Å². The number of pyridine rings is 1. The van der Waals surface area contributed by atoms with Crippen LogP contribution in [0, 0.1) is 6.92 Å². The molecule has 1 heterocycles. The number of carboxylic acids is 1. The molecule has 122 valence electrons. The van der Waals surface area contributed by atoms with Gasteiger partial charge in [0, 0.05) is 11.6 Å². The van der Waals surface area contributed by atoms with Crippen molar-refractivity contribution in [3.8, 4) is 5.75 Å². The fourth-order valence-corrected chi connectivity index (χ4v) is 2.59. The molecule has 0 spiro atoms. The molecule has 0 saturated heterocycles. The first-order valence-corrected chi connectivity index (χ1v) is 7.33. The Hall–Kier alpha value is -3.12. The van der Waals surface area contributed by atoms with Crippen LogP contribution in [0.5, 0.6) is 5.75 Å². The summed E-state index contributed by atoms with van der Waals surface area (Å²) in [5.74, 6) is 5.44. The molecule has 3 rings (SSSR count). The summed E-state index contributed by atoms with van der Waals surface area (Å²) in [5, 5.41) is 11.4. The molecule has 0 amide bonds. The molecule has 6 nitrogen and oxygen atoms in total. The lowest BCUT2D eigenvalue weighted by atomic mass is 10.1. The highest BCUT2D eigenvalue weighted by atomic mass is 16.5. The summed E-state index contributed by atoms with van der Waals surface area (Å²) in [7, 11) is 1.44. The van der Waals surface area contributed by atoms with Crippen LogP contribution in [-0.2, 0) is 0 Å². The van der Waals surface area contributed by atoms with Crippen molar-refractivity contribution >= 4 is 28.2 Å². The van der Waals surface area contributed by atoms with Crippen molar-refractivity contribution in [2.24, 2.45) is 5.84 Å². The van der Waals surface area contributed by atoms with Crippen molar-refractivity contribution in [2.45, 2.75) is 6.92 Å². The number of rotatable bonds is 4. The van der Waals surface area contributed by atoms with Crippen molar-refractivity contribution < 1.29 is 14.6 Å². The Labute approximate surface area is 139 Å². The van der Waals surface area contributed by atoms with Crippen LogP contribution in [0.1, 0.15) is 15.9 Å². The van der Waals surface area contributed by atoms with Gasteiger partial charge < -0.3 is 9.84 Å². The van der Waals surface area contributed by atoms with Gasteiger partial charge in [0.05, 0.1) is 24.0 Å². The standard InChI is InChI=1S/C18H17N3O3/c1-11-6-8-12(9-7-11)21(19)15-5-3-4-13-16(15)20-10-14(18(22)23)17(13)24-2/h3-10H,19H2,1-2H3,(H,22,23). The molecule has 0 bridgehead atoms. The van der Waals surface area contributed by atoms with Crippen molar-refractivity contribution in [1.82, 2.24) is 4.98 Å². The number of benzene rings is 2. The van der Waals surface area contributed by atoms with Crippen LogP contribution in [0.2, 0.25) is 0 Å². The molecule has 1 aromatic heterocycles. The molecule has 0 atom stereocenters. The number of hydrazine groups is 1. The molecular formula is C18H17N3O3. The normalized spacial score (nSPS) is 10.6. The highest BCUT2D eigenvalue weighted by molar-refractivity contribution is 6.02. The molecule has 3 aromatic rings. The van der Waals surface area contributed by atoms with Gasteiger partial charge in [-0.05, 0) is 31.2 Å². The summed E-state index contributed by atoms with van der Waals surface area (Å²) in [4.78, 5) is 15.6. The van der Waals surface area contributed by atoms with E-state index in [4.69, 9.17) is 10.6 Å². The van der Waals surface area contributed by atoms with E-state index in [-0.39, 0.29) is 11.3 Å². The zero-order valence-electron chi connectivity index (χ0n) is 13.4. The van der Waals surface area contributed by atoms with E-state index in [0.717, 1.165) is 11.3 Å². The Balaban J connectivity index is 2.19. The fourth-order valence-electron chi connectivity index (χ4n) is 2.59. The van der Waals surface area contributed by atoms with Gasteiger partial charge >= 0.3 is 5.97 Å². The SMILES string of the molecule is COc1c(C(=O)O)cnc2c(N(N)c3ccc(C)cc3)cccc12. The number of aryl methyl sites for hydroxylation is 1. The Kier molecular flexibility index (Phi) is 4.05. The van der Waals surface area contributed by atoms with Crippen LogP contribution in [0.25, 0.3) is 10.9 Å². The summed E-state index contributed by atoms with van der Waals surface area (Å²) in [6.45, 7) is 2.00. The van der Waals surface area contributed by atoms with Crippen LogP contribution in [0.3, 0.4) is 0 Å². The molecule has 0 unspecified atom stereocenters. The molecule has 0 aliphatic carbocycles. The maximum atomic E-state index is 11.3. The number of hydrogen-bond acceptors (Lipinski definition) is 5. The van der Waals surface area contributed by atoms with Gasteiger partial charge in [0.15, 0.2) is 0 Å². The van der Waals surface area contributed by atoms with Crippen LogP contribution < -0.4 is 15.6 Å². The lowest BCUT2D eigenvalue weighted by Gasteiger charge is -2.21. The quantitative estimate of drug-likeness (QED) is 0.566. The van der Waals surface area contributed by atoms with Crippen LogP contribution in [-0.4, -0.2) is 23.2 Å². The third-order valence-corrected chi connectivity index (χ3v) is 3.83. The van der Waals surface area contributed by atoms with Crippen LogP contribution in [0.15, 0.2) is 48.7 Å². The van der Waals surface area contributed by atoms with E-state index in [2.05, 4.69) is 4.98 Å². The number of nitrogens with two attached hydrogens (primary N) is 1. The zero-order chi connectivity index (χ0) is 17.3. The molecule has 0 saturated carbocycles. The van der Waals surface area contributed by atoms with Crippen molar-refractivity contribution in [1.29, 1.82) is 0 Å². The number of anilines is 2. The third-order valence-electron chi connectivity index (χ3n) is 3.83. The van der Waals surface area contributed by atoms with Crippen LogP contribution >= 0.6 is 0 Å². The number of carbonyl (C=O) groups is 1. The summed E-state index contributed by atoms with van der Waals surface area (Å²) < 4.78 is 5.30. The molecule has 2 aromatic carbocycles. The topological polar surface area (TPSA) is 88.7 Å². The number of aromatic carboxylic acids is 1. The molecule has 24 heavy (non-hydrogen) atoms. The first-order valence-electron chi connectivity index (χ1n) is 7.33. The van der Waals surface area contributed by atoms with Gasteiger partial charge in [-0.25, -0.2) is 10.6 Å². The van der Waals surface area contributed by atoms with E-state index >= 15 is 0 Å². The first kappa shape index (κ1) is 15.8. The van der Waals surface area contributed by atoms with E-state index in [1.54, 1.807) is 12.1 Å². The van der Waals surface area contributed by atoms with E-state index in [1.807, 2.05) is 37.3 Å². The lowest BCUT2D eigenvalue weighted by Crippen LogP contribution is -2.25. The van der Waals surface area contributed by atoms with Gasteiger partial charge in [-0.1, -0.05) is 23.8 Å². The number of aromatic nitrogens is 1. The Morgan fingerprint density at radius 3 is 2.54 bits per heavy atom. The monoisotopic (exact) mass is 323 g/mol. The second-order valence-corrected chi connectivity index (χ2v) is 5.39. The zero-order valence-corrected chi connectivity index (χ0v) is 13.4. The van der Waals surface area contributed by atoms with E-state index in [1.165, 1.54) is 18.3 Å². The highest BCUT2D eigenvalue weighted by Crippen LogP contribution is 2.35. The summed E-state index contributed by atoms with van der Waals surface area (Å²) >= 11 is 0. The van der Waals surface area contributed by atoms with Gasteiger partial charge in [-0.2, -0.15) is 0 Å². The summed E-state index contributed by atoms with van der Waals surface area (Å²) in [6.07, 6.45) is 1.29. The number of methoxy groups -OCH3 is 1. The molecule has 0 radical (unpaired) electrons. The summed E-state index contributed by atoms with van der Waals surface area (Å²) in [6, 6.07) is 13.2. The second kappa shape index (κ2) is 6.17. The molecular weight excluding hydrogens is 306 g/mol. The number of fused-ring (bicyclic) bond motifs is 1. The maximum Gasteiger partial charge on any atom is 0.341 e. The van der Waals surface area contributed by atoms with E-state index in [9.17, 15) is 9.90 Å². The first-order chi connectivity index (χ1) is 11.5. The Morgan fingerprint density at radius 2 is 1.92 bits per heavy atom. The molecule has 3 N–H and O–H groups in total. The maximum absolute atomic E-state index is 11.3. The van der Waals surface area contributed by atoms with Crippen molar-refractivity contribution in [2.75, 3.05) is 12.1 Å². The van der Waals surface area contributed by atoms with Gasteiger partial charge in [0.2, 0.25) is 0 Å². The number of hydrogen-bond donors (Lipinski definition) is 2. The molecule has 6 heteroatoms. The minimum Gasteiger partial charge on any atom is -0.495 e. The Bertz CT molecular complexity index is 907. The van der Waals surface area contributed by atoms with Gasteiger partial charge in [0.1, 0.15) is 11.3 Å². The minimum absolute atomic E-state index is 0.0149. The predicted molar refractivity (Wildman–Crippen MR) is 92.8 cm³/mol. The fraction of sp³-hybridized carbons (Fsp3) is 0.111. The second-order valence-electron chi connectivity index (χ2n) is 5.39. The van der Waals surface area contributed by atoms with Crippen molar-refractivity contribution in [3.63, 3.8) is 0 Å². The van der Waals surface area contributed by atoms with Gasteiger partial charge in [-0.15, -0.1) is 0 Å². The molecule has 0 aliphatic heterocycles. The average molecular weight is 323 g/mol. The lowest BCUT2D eigenvalue weighted by molar-refractivity contribution is 0.0693. The minimum atomic E-state index is -1.09. The molecule has 0 aliphatic rings. The number of ether oxygens (including phenoxy) is 1. The molecule has 0 fully saturated rings. The van der Waals surface area contributed by atoms with E-state index < -0.39 is 5.97 Å². The predicted octanol–water partition coefficient (Wildman–Crippen LogP) is 3.26. The highest BCUT2D eigenvalue weighted by Gasteiger charge is 2.18. The number of nitrogens with zero attached hydrogens (tertiary/aromatic N) is 2. The largest absolute Gasteiger partial charge is 0.495 e. The third kappa shape index (κ3) is 2.63. The summed E-state index contributed by atoms with van der Waals surface area (Å²) in [5.41, 5.74) is 3.18. The number of para-hydroxylation sites is 1. The average Bonchev–Trinajstić information content (AvgIpc) is 2.60. The van der Waals surface area contributed by atoms with Gasteiger partial charge in [-0.3, -0.25) is 9.99 Å². The number of carboxylic acid groups (broad SMARTS) is 1. The smallest absolute Gasteiger partial charge is 0.341 e. The van der Waals surface area contributed by atoms with Gasteiger partial charge in [0.25, 0.3) is 0 Å². The Morgan fingerprint density at radius 1 is 1.21 bits per heavy atom. The van der Waals surface area contributed by atoms with Crippen molar-refractivity contribution in [3.05, 3.63) is 59.8 Å². The van der Waals surface area contributed by atoms with E-state index in [0.29, 0.717) is 16.6 Å².